The molecule has 3 aromatic heterocycles. The van der Waals surface area contributed by atoms with E-state index < -0.39 is 0 Å². The Kier molecular flexibility index (Phi) is 3.72. The second-order valence-electron chi connectivity index (χ2n) is 6.16. The van der Waals surface area contributed by atoms with Crippen molar-refractivity contribution in [3.8, 4) is 11.3 Å². The molecular formula is C18H19N5O. The van der Waals surface area contributed by atoms with E-state index in [1.165, 1.54) is 6.42 Å². The van der Waals surface area contributed by atoms with Gasteiger partial charge < -0.3 is 9.47 Å². The number of likely N-dealkylation sites (tertiary alicyclic amines) is 1. The summed E-state index contributed by atoms with van der Waals surface area (Å²) < 4.78 is 1.97. The summed E-state index contributed by atoms with van der Waals surface area (Å²) in [7, 11) is 1.96. The molecule has 0 aliphatic carbocycles. The van der Waals surface area contributed by atoms with E-state index in [1.54, 1.807) is 18.6 Å². The number of pyridine rings is 1. The average Bonchev–Trinajstić information content (AvgIpc) is 3.03. The first-order valence-corrected chi connectivity index (χ1v) is 8.26. The van der Waals surface area contributed by atoms with Gasteiger partial charge in [0.25, 0.3) is 5.91 Å². The summed E-state index contributed by atoms with van der Waals surface area (Å²) in [4.78, 5) is 27.8. The summed E-state index contributed by atoms with van der Waals surface area (Å²) >= 11 is 0. The molecule has 0 saturated carbocycles. The van der Waals surface area contributed by atoms with Gasteiger partial charge in [-0.1, -0.05) is 0 Å². The van der Waals surface area contributed by atoms with Gasteiger partial charge in [0.1, 0.15) is 11.3 Å². The van der Waals surface area contributed by atoms with E-state index in [9.17, 15) is 4.79 Å². The zero-order valence-corrected chi connectivity index (χ0v) is 13.6. The van der Waals surface area contributed by atoms with Gasteiger partial charge in [-0.05, 0) is 31.4 Å². The highest BCUT2D eigenvalue weighted by atomic mass is 16.2. The van der Waals surface area contributed by atoms with Crippen LogP contribution in [-0.4, -0.2) is 43.4 Å². The first kappa shape index (κ1) is 14.8. The fraction of sp³-hybridized carbons (Fsp3) is 0.333. The largest absolute Gasteiger partial charge is 0.337 e. The molecule has 1 saturated heterocycles. The minimum atomic E-state index is -0.0255. The quantitative estimate of drug-likeness (QED) is 0.728. The molecule has 0 unspecified atom stereocenters. The molecule has 0 aromatic carbocycles. The molecule has 4 heterocycles. The van der Waals surface area contributed by atoms with E-state index in [2.05, 4.69) is 15.0 Å². The number of aromatic nitrogens is 4. The minimum Gasteiger partial charge on any atom is -0.337 e. The number of carbonyl (C=O) groups excluding carboxylic acids is 1. The summed E-state index contributed by atoms with van der Waals surface area (Å²) in [6.45, 7) is 1.62. The molecule has 0 spiro atoms. The van der Waals surface area contributed by atoms with Crippen LogP contribution in [0, 0.1) is 0 Å². The molecule has 0 bridgehead atoms. The van der Waals surface area contributed by atoms with Gasteiger partial charge >= 0.3 is 0 Å². The molecule has 6 nitrogen and oxygen atoms in total. The maximum Gasteiger partial charge on any atom is 0.274 e. The fourth-order valence-electron chi connectivity index (χ4n) is 3.25. The lowest BCUT2D eigenvalue weighted by Crippen LogP contribution is -2.36. The number of rotatable bonds is 2. The monoisotopic (exact) mass is 321 g/mol. The van der Waals surface area contributed by atoms with Crippen LogP contribution in [0.1, 0.15) is 29.8 Å². The van der Waals surface area contributed by atoms with E-state index in [0.717, 1.165) is 42.5 Å². The van der Waals surface area contributed by atoms with E-state index in [4.69, 9.17) is 0 Å². The van der Waals surface area contributed by atoms with E-state index in [1.807, 2.05) is 34.8 Å². The van der Waals surface area contributed by atoms with Crippen LogP contribution >= 0.6 is 0 Å². The topological polar surface area (TPSA) is 63.9 Å². The zero-order valence-electron chi connectivity index (χ0n) is 13.6. The Labute approximate surface area is 140 Å². The van der Waals surface area contributed by atoms with Gasteiger partial charge in [-0.25, -0.2) is 9.97 Å². The van der Waals surface area contributed by atoms with Crippen molar-refractivity contribution in [1.29, 1.82) is 0 Å². The molecule has 1 aliphatic rings. The fourth-order valence-corrected chi connectivity index (χ4v) is 3.25. The van der Waals surface area contributed by atoms with Crippen molar-refractivity contribution in [1.82, 2.24) is 24.4 Å². The molecule has 24 heavy (non-hydrogen) atoms. The van der Waals surface area contributed by atoms with E-state index in [0.29, 0.717) is 11.4 Å². The molecule has 0 radical (unpaired) electrons. The van der Waals surface area contributed by atoms with Crippen molar-refractivity contribution in [3.63, 3.8) is 0 Å². The van der Waals surface area contributed by atoms with Gasteiger partial charge in [-0.2, -0.15) is 0 Å². The van der Waals surface area contributed by atoms with Crippen LogP contribution in [0.25, 0.3) is 22.3 Å². The maximum atomic E-state index is 12.7. The summed E-state index contributed by atoms with van der Waals surface area (Å²) in [6, 6.07) is 3.93. The number of hydrogen-bond donors (Lipinski definition) is 0. The smallest absolute Gasteiger partial charge is 0.274 e. The Morgan fingerprint density at radius 2 is 1.96 bits per heavy atom. The Balaban J connectivity index is 1.73. The molecule has 0 N–H and O–H groups in total. The lowest BCUT2D eigenvalue weighted by Gasteiger charge is -2.26. The maximum absolute atomic E-state index is 12.7. The summed E-state index contributed by atoms with van der Waals surface area (Å²) in [5.41, 5.74) is 2.95. The van der Waals surface area contributed by atoms with Crippen molar-refractivity contribution >= 4 is 16.9 Å². The highest BCUT2D eigenvalue weighted by Crippen LogP contribution is 2.26. The van der Waals surface area contributed by atoms with Gasteiger partial charge in [0.2, 0.25) is 0 Å². The summed E-state index contributed by atoms with van der Waals surface area (Å²) in [6.07, 6.45) is 10.3. The van der Waals surface area contributed by atoms with Gasteiger partial charge in [0.05, 0.1) is 18.1 Å². The molecule has 0 atom stereocenters. The van der Waals surface area contributed by atoms with Crippen LogP contribution in [0.15, 0.2) is 36.9 Å². The standard InChI is InChI=1S/C18H19N5O/c1-22-10-6-14-13(5-7-20-17(14)22)15-11-19-12-16(21-15)18(24)23-8-3-2-4-9-23/h5-7,10-12H,2-4,8-9H2,1H3. The molecule has 6 heteroatoms. The predicted octanol–water partition coefficient (Wildman–Crippen LogP) is 2.66. The van der Waals surface area contributed by atoms with Gasteiger partial charge in [-0.15, -0.1) is 0 Å². The minimum absolute atomic E-state index is 0.0255. The first-order chi connectivity index (χ1) is 11.7. The number of amides is 1. The second kappa shape index (κ2) is 6.03. The van der Waals surface area contributed by atoms with Crippen molar-refractivity contribution in [2.45, 2.75) is 19.3 Å². The molecule has 4 rings (SSSR count). The zero-order chi connectivity index (χ0) is 16.5. The molecular weight excluding hydrogens is 302 g/mol. The van der Waals surface area contributed by atoms with Crippen molar-refractivity contribution < 1.29 is 4.79 Å². The van der Waals surface area contributed by atoms with Gasteiger partial charge in [0, 0.05) is 43.5 Å². The SMILES string of the molecule is Cn1ccc2c(-c3cncc(C(=O)N4CCCCC4)n3)ccnc21. The molecule has 3 aromatic rings. The van der Waals surface area contributed by atoms with Crippen LogP contribution in [-0.2, 0) is 7.05 Å². The number of piperidine rings is 1. The molecule has 1 amide bonds. The van der Waals surface area contributed by atoms with Gasteiger partial charge in [-0.3, -0.25) is 9.78 Å². The Bertz CT molecular complexity index is 895. The van der Waals surface area contributed by atoms with Crippen LogP contribution in [0.4, 0.5) is 0 Å². The number of fused-ring (bicyclic) bond motifs is 1. The van der Waals surface area contributed by atoms with Gasteiger partial charge in [0.15, 0.2) is 0 Å². The van der Waals surface area contributed by atoms with Crippen LogP contribution in [0.3, 0.4) is 0 Å². The number of aryl methyl sites for hydroxylation is 1. The Morgan fingerprint density at radius 1 is 1.12 bits per heavy atom. The Hall–Kier alpha value is -2.76. The second-order valence-corrected chi connectivity index (χ2v) is 6.16. The van der Waals surface area contributed by atoms with Crippen LogP contribution in [0.2, 0.25) is 0 Å². The highest BCUT2D eigenvalue weighted by molar-refractivity contribution is 5.95. The third kappa shape index (κ3) is 2.54. The van der Waals surface area contributed by atoms with E-state index >= 15 is 0 Å². The predicted molar refractivity (Wildman–Crippen MR) is 91.5 cm³/mol. The van der Waals surface area contributed by atoms with Crippen molar-refractivity contribution in [2.24, 2.45) is 7.05 Å². The highest BCUT2D eigenvalue weighted by Gasteiger charge is 2.20. The molecule has 1 fully saturated rings. The van der Waals surface area contributed by atoms with Crippen LogP contribution in [0.5, 0.6) is 0 Å². The lowest BCUT2D eigenvalue weighted by atomic mass is 10.1. The third-order valence-electron chi connectivity index (χ3n) is 4.54. The normalized spacial score (nSPS) is 15.0. The van der Waals surface area contributed by atoms with Crippen molar-refractivity contribution in [3.05, 3.63) is 42.6 Å². The molecule has 1 aliphatic heterocycles. The van der Waals surface area contributed by atoms with Crippen molar-refractivity contribution in [2.75, 3.05) is 13.1 Å². The average molecular weight is 321 g/mol. The number of carbonyl (C=O) groups is 1. The third-order valence-corrected chi connectivity index (χ3v) is 4.54. The summed E-state index contributed by atoms with van der Waals surface area (Å²) in [5, 5.41) is 1.01. The van der Waals surface area contributed by atoms with Crippen LogP contribution < -0.4 is 0 Å². The Morgan fingerprint density at radius 3 is 2.79 bits per heavy atom. The van der Waals surface area contributed by atoms with E-state index in [-0.39, 0.29) is 5.91 Å². The number of hydrogen-bond acceptors (Lipinski definition) is 4. The lowest BCUT2D eigenvalue weighted by molar-refractivity contribution is 0.0718. The first-order valence-electron chi connectivity index (χ1n) is 8.26. The summed E-state index contributed by atoms with van der Waals surface area (Å²) in [5.74, 6) is -0.0255. The molecule has 122 valence electrons. The number of nitrogens with zero attached hydrogens (tertiary/aromatic N) is 5.